The van der Waals surface area contributed by atoms with E-state index in [0.717, 1.165) is 33.3 Å². The number of rotatable bonds is 3. The summed E-state index contributed by atoms with van der Waals surface area (Å²) in [5.74, 6) is 0. The van der Waals surface area contributed by atoms with Crippen LogP contribution in [0.3, 0.4) is 0 Å². The fourth-order valence-corrected chi connectivity index (χ4v) is 2.44. The summed E-state index contributed by atoms with van der Waals surface area (Å²) >= 11 is 3.41. The monoisotopic (exact) mass is 305 g/mol. The second-order valence-electron chi connectivity index (χ2n) is 4.54. The Morgan fingerprint density at radius 3 is 2.67 bits per heavy atom. The number of pyridine rings is 2. The Morgan fingerprint density at radius 2 is 2.00 bits per heavy atom. The van der Waals surface area contributed by atoms with E-state index in [1.54, 1.807) is 6.20 Å². The van der Waals surface area contributed by atoms with E-state index in [-0.39, 0.29) is 6.04 Å². The van der Waals surface area contributed by atoms with Gasteiger partial charge in [0.25, 0.3) is 0 Å². The van der Waals surface area contributed by atoms with Crippen LogP contribution in [0.25, 0.3) is 0 Å². The van der Waals surface area contributed by atoms with Crippen LogP contribution < -0.4 is 5.73 Å². The molecule has 0 bridgehead atoms. The summed E-state index contributed by atoms with van der Waals surface area (Å²) in [4.78, 5) is 8.58. The number of hydrogen-bond donors (Lipinski definition) is 1. The molecule has 2 heterocycles. The zero-order valence-corrected chi connectivity index (χ0v) is 12.1. The van der Waals surface area contributed by atoms with Crippen molar-refractivity contribution in [2.24, 2.45) is 5.73 Å². The molecule has 0 saturated heterocycles. The van der Waals surface area contributed by atoms with Gasteiger partial charge < -0.3 is 5.73 Å². The number of nitrogens with zero attached hydrogens (tertiary/aromatic N) is 2. The van der Waals surface area contributed by atoms with Crippen LogP contribution in [0.15, 0.2) is 35.2 Å². The smallest absolute Gasteiger partial charge is 0.0603 e. The second-order valence-corrected chi connectivity index (χ2v) is 5.45. The van der Waals surface area contributed by atoms with Crippen LogP contribution in [-0.2, 0) is 6.42 Å². The van der Waals surface area contributed by atoms with E-state index in [9.17, 15) is 0 Å². The molecule has 1 atom stereocenters. The van der Waals surface area contributed by atoms with E-state index >= 15 is 0 Å². The summed E-state index contributed by atoms with van der Waals surface area (Å²) in [6.07, 6.45) is 6.21. The van der Waals surface area contributed by atoms with Crippen LogP contribution in [0.2, 0.25) is 0 Å². The highest BCUT2D eigenvalue weighted by Crippen LogP contribution is 2.19. The summed E-state index contributed by atoms with van der Waals surface area (Å²) < 4.78 is 0.973. The topological polar surface area (TPSA) is 51.8 Å². The lowest BCUT2D eigenvalue weighted by Gasteiger charge is -2.14. The minimum atomic E-state index is -0.0956. The van der Waals surface area contributed by atoms with Crippen LogP contribution in [0, 0.1) is 13.8 Å². The molecule has 18 heavy (non-hydrogen) atoms. The van der Waals surface area contributed by atoms with Gasteiger partial charge >= 0.3 is 0 Å². The zero-order chi connectivity index (χ0) is 13.1. The zero-order valence-electron chi connectivity index (χ0n) is 10.5. The Kier molecular flexibility index (Phi) is 4.09. The summed E-state index contributed by atoms with van der Waals surface area (Å²) in [5.41, 5.74) is 10.6. The Hall–Kier alpha value is -1.26. The summed E-state index contributed by atoms with van der Waals surface area (Å²) in [6.45, 7) is 4.09. The molecule has 0 aliphatic carbocycles. The van der Waals surface area contributed by atoms with E-state index in [0.29, 0.717) is 0 Å². The maximum absolute atomic E-state index is 6.22. The van der Waals surface area contributed by atoms with Crippen molar-refractivity contribution in [2.75, 3.05) is 0 Å². The minimum absolute atomic E-state index is 0.0956. The number of aromatic nitrogens is 2. The van der Waals surface area contributed by atoms with Crippen LogP contribution >= 0.6 is 15.9 Å². The first-order chi connectivity index (χ1) is 8.56. The predicted molar refractivity (Wildman–Crippen MR) is 76.3 cm³/mol. The SMILES string of the molecule is Cc1cnc(C(N)Cc2cncc(Br)c2)c(C)c1. The molecule has 0 saturated carbocycles. The van der Waals surface area contributed by atoms with Gasteiger partial charge in [0, 0.05) is 23.1 Å². The Morgan fingerprint density at radius 1 is 1.22 bits per heavy atom. The lowest BCUT2D eigenvalue weighted by Crippen LogP contribution is -2.16. The first-order valence-electron chi connectivity index (χ1n) is 5.84. The summed E-state index contributed by atoms with van der Waals surface area (Å²) in [5, 5.41) is 0. The first-order valence-corrected chi connectivity index (χ1v) is 6.63. The van der Waals surface area contributed by atoms with E-state index in [1.165, 1.54) is 0 Å². The highest BCUT2D eigenvalue weighted by molar-refractivity contribution is 9.10. The quantitative estimate of drug-likeness (QED) is 0.948. The Balaban J connectivity index is 2.19. The van der Waals surface area contributed by atoms with Crippen molar-refractivity contribution < 1.29 is 0 Å². The first kappa shape index (κ1) is 13.2. The van der Waals surface area contributed by atoms with Gasteiger partial charge in [0.15, 0.2) is 0 Å². The molecule has 0 fully saturated rings. The van der Waals surface area contributed by atoms with Gasteiger partial charge in [0.05, 0.1) is 11.7 Å². The molecule has 2 N–H and O–H groups in total. The van der Waals surface area contributed by atoms with Crippen molar-refractivity contribution in [3.8, 4) is 0 Å². The maximum atomic E-state index is 6.22. The van der Waals surface area contributed by atoms with Crippen LogP contribution in [0.4, 0.5) is 0 Å². The van der Waals surface area contributed by atoms with Gasteiger partial charge in [-0.3, -0.25) is 9.97 Å². The molecular weight excluding hydrogens is 290 g/mol. The second kappa shape index (κ2) is 5.59. The van der Waals surface area contributed by atoms with Crippen molar-refractivity contribution in [3.05, 3.63) is 57.6 Å². The number of halogens is 1. The molecule has 3 nitrogen and oxygen atoms in total. The molecule has 94 valence electrons. The molecule has 0 aromatic carbocycles. The normalized spacial score (nSPS) is 12.4. The lowest BCUT2D eigenvalue weighted by atomic mass is 10.0. The predicted octanol–water partition coefficient (Wildman–Crippen LogP) is 3.10. The fraction of sp³-hybridized carbons (Fsp3) is 0.286. The van der Waals surface area contributed by atoms with Gasteiger partial charge in [-0.1, -0.05) is 6.07 Å². The molecule has 1 unspecified atom stereocenters. The third-order valence-electron chi connectivity index (χ3n) is 2.82. The Labute approximate surface area is 116 Å². The average molecular weight is 306 g/mol. The molecule has 0 radical (unpaired) electrons. The van der Waals surface area contributed by atoms with Gasteiger partial charge in [0.1, 0.15) is 0 Å². The minimum Gasteiger partial charge on any atom is -0.322 e. The van der Waals surface area contributed by atoms with Gasteiger partial charge in [-0.15, -0.1) is 0 Å². The van der Waals surface area contributed by atoms with Gasteiger partial charge in [0.2, 0.25) is 0 Å². The van der Waals surface area contributed by atoms with Crippen LogP contribution in [0.1, 0.15) is 28.4 Å². The molecule has 0 spiro atoms. The van der Waals surface area contributed by atoms with Crippen molar-refractivity contribution in [2.45, 2.75) is 26.3 Å². The molecule has 2 aromatic heterocycles. The maximum Gasteiger partial charge on any atom is 0.0603 e. The van der Waals surface area contributed by atoms with E-state index in [1.807, 2.05) is 32.3 Å². The van der Waals surface area contributed by atoms with Crippen LogP contribution in [-0.4, -0.2) is 9.97 Å². The van der Waals surface area contributed by atoms with Crippen molar-refractivity contribution in [1.82, 2.24) is 9.97 Å². The molecule has 0 aliphatic rings. The highest BCUT2D eigenvalue weighted by atomic mass is 79.9. The van der Waals surface area contributed by atoms with Gasteiger partial charge in [-0.2, -0.15) is 0 Å². The molecular formula is C14H16BrN3. The largest absolute Gasteiger partial charge is 0.322 e. The van der Waals surface area contributed by atoms with Crippen molar-refractivity contribution >= 4 is 15.9 Å². The third-order valence-corrected chi connectivity index (χ3v) is 3.26. The highest BCUT2D eigenvalue weighted by Gasteiger charge is 2.11. The van der Waals surface area contributed by atoms with Crippen LogP contribution in [0.5, 0.6) is 0 Å². The molecule has 0 aliphatic heterocycles. The van der Waals surface area contributed by atoms with E-state index in [4.69, 9.17) is 5.73 Å². The van der Waals surface area contributed by atoms with E-state index < -0.39 is 0 Å². The number of hydrogen-bond acceptors (Lipinski definition) is 3. The summed E-state index contributed by atoms with van der Waals surface area (Å²) in [6, 6.07) is 4.05. The number of aryl methyl sites for hydroxylation is 2. The van der Waals surface area contributed by atoms with Crippen molar-refractivity contribution in [3.63, 3.8) is 0 Å². The summed E-state index contributed by atoms with van der Waals surface area (Å²) in [7, 11) is 0. The lowest BCUT2D eigenvalue weighted by molar-refractivity contribution is 0.687. The molecule has 2 rings (SSSR count). The number of nitrogens with two attached hydrogens (primary N) is 1. The van der Waals surface area contributed by atoms with Gasteiger partial charge in [-0.25, -0.2) is 0 Å². The molecule has 0 amide bonds. The third kappa shape index (κ3) is 3.15. The molecule has 4 heteroatoms. The van der Waals surface area contributed by atoms with Gasteiger partial charge in [-0.05, 0) is 59.0 Å². The Bertz CT molecular complexity index is 554. The van der Waals surface area contributed by atoms with E-state index in [2.05, 4.69) is 32.0 Å². The van der Waals surface area contributed by atoms with Crippen molar-refractivity contribution in [1.29, 1.82) is 0 Å². The standard InChI is InChI=1S/C14H16BrN3/c1-9-3-10(2)14(18-6-9)13(16)5-11-4-12(15)8-17-7-11/h3-4,6-8,13H,5,16H2,1-2H3. The fourth-order valence-electron chi connectivity index (χ4n) is 2.03. The molecule has 2 aromatic rings. The average Bonchev–Trinajstić information content (AvgIpc) is 2.28.